The summed E-state index contributed by atoms with van der Waals surface area (Å²) in [7, 11) is 1.55. The Morgan fingerprint density at radius 2 is 1.84 bits per heavy atom. The zero-order valence-corrected chi connectivity index (χ0v) is 18.0. The minimum atomic E-state index is -0.582. The van der Waals surface area contributed by atoms with Gasteiger partial charge in [-0.25, -0.2) is 9.78 Å². The molecular weight excluding hydrogens is 408 g/mol. The van der Waals surface area contributed by atoms with E-state index in [0.717, 1.165) is 16.5 Å². The number of ether oxygens (including phenoxy) is 2. The van der Waals surface area contributed by atoms with Crippen molar-refractivity contribution in [1.82, 2.24) is 14.8 Å². The van der Waals surface area contributed by atoms with E-state index in [1.165, 1.54) is 10.9 Å². The van der Waals surface area contributed by atoms with Gasteiger partial charge in [0.2, 0.25) is 0 Å². The van der Waals surface area contributed by atoms with Gasteiger partial charge in [-0.3, -0.25) is 4.79 Å². The SMILES string of the molecule is CCOC(=O)c1cnn(-c2cc(C)c3ccccc3n2)c1NC(=O)c1ccc(OC)cc1. The Labute approximate surface area is 184 Å². The van der Waals surface area contributed by atoms with Gasteiger partial charge >= 0.3 is 5.97 Å². The molecule has 8 heteroatoms. The number of benzene rings is 2. The summed E-state index contributed by atoms with van der Waals surface area (Å²) in [5, 5.41) is 8.14. The lowest BCUT2D eigenvalue weighted by molar-refractivity contribution is 0.0527. The molecule has 2 aromatic heterocycles. The summed E-state index contributed by atoms with van der Waals surface area (Å²) in [5.41, 5.74) is 2.31. The summed E-state index contributed by atoms with van der Waals surface area (Å²) in [6, 6.07) is 16.2. The van der Waals surface area contributed by atoms with E-state index in [4.69, 9.17) is 9.47 Å². The van der Waals surface area contributed by atoms with Crippen LogP contribution in [0.1, 0.15) is 33.2 Å². The van der Waals surface area contributed by atoms with Crippen LogP contribution < -0.4 is 10.1 Å². The number of nitrogens with zero attached hydrogens (tertiary/aromatic N) is 3. The summed E-state index contributed by atoms with van der Waals surface area (Å²) < 4.78 is 11.7. The van der Waals surface area contributed by atoms with Crippen LogP contribution in [0.2, 0.25) is 0 Å². The maximum absolute atomic E-state index is 12.9. The predicted octanol–water partition coefficient (Wildman–Crippen LogP) is 4.17. The number of anilines is 1. The van der Waals surface area contributed by atoms with Crippen molar-refractivity contribution in [3.8, 4) is 11.6 Å². The summed E-state index contributed by atoms with van der Waals surface area (Å²) in [6.07, 6.45) is 1.37. The van der Waals surface area contributed by atoms with Gasteiger partial charge < -0.3 is 14.8 Å². The maximum Gasteiger partial charge on any atom is 0.343 e. The van der Waals surface area contributed by atoms with E-state index in [9.17, 15) is 9.59 Å². The molecule has 0 aliphatic carbocycles. The molecule has 162 valence electrons. The number of para-hydroxylation sites is 1. The normalized spacial score (nSPS) is 10.7. The molecular formula is C24H22N4O4. The molecule has 2 aromatic carbocycles. The lowest BCUT2D eigenvalue weighted by Gasteiger charge is -2.12. The van der Waals surface area contributed by atoms with Crippen LogP contribution in [0, 0.1) is 6.92 Å². The van der Waals surface area contributed by atoms with Gasteiger partial charge in [-0.2, -0.15) is 9.78 Å². The second kappa shape index (κ2) is 8.89. The molecule has 0 spiro atoms. The monoisotopic (exact) mass is 430 g/mol. The molecule has 8 nitrogen and oxygen atoms in total. The Kier molecular flexibility index (Phi) is 5.85. The molecule has 0 bridgehead atoms. The number of rotatable bonds is 6. The molecule has 0 saturated carbocycles. The van der Waals surface area contributed by atoms with Crippen molar-refractivity contribution in [3.05, 3.63) is 77.5 Å². The van der Waals surface area contributed by atoms with Gasteiger partial charge in [0.15, 0.2) is 11.6 Å². The van der Waals surface area contributed by atoms with E-state index in [1.54, 1.807) is 38.3 Å². The third-order valence-electron chi connectivity index (χ3n) is 4.98. The van der Waals surface area contributed by atoms with Crippen molar-refractivity contribution < 1.29 is 19.1 Å². The molecule has 0 unspecified atom stereocenters. The summed E-state index contributed by atoms with van der Waals surface area (Å²) in [5.74, 6) is 0.307. The zero-order valence-electron chi connectivity index (χ0n) is 18.0. The number of nitrogens with one attached hydrogen (secondary N) is 1. The Hall–Kier alpha value is -4.20. The van der Waals surface area contributed by atoms with Gasteiger partial charge in [-0.1, -0.05) is 18.2 Å². The van der Waals surface area contributed by atoms with E-state index >= 15 is 0 Å². The highest BCUT2D eigenvalue weighted by atomic mass is 16.5. The molecule has 0 aliphatic rings. The van der Waals surface area contributed by atoms with E-state index in [1.807, 2.05) is 37.3 Å². The molecule has 0 saturated heterocycles. The largest absolute Gasteiger partial charge is 0.497 e. The van der Waals surface area contributed by atoms with Crippen molar-refractivity contribution in [2.24, 2.45) is 0 Å². The number of hydrogen-bond acceptors (Lipinski definition) is 6. The number of carbonyl (C=O) groups excluding carboxylic acids is 2. The van der Waals surface area contributed by atoms with Gasteiger partial charge in [-0.15, -0.1) is 0 Å². The summed E-state index contributed by atoms with van der Waals surface area (Å²) >= 11 is 0. The third kappa shape index (κ3) is 4.02. The van der Waals surface area contributed by atoms with Gasteiger partial charge in [0, 0.05) is 10.9 Å². The molecule has 0 aliphatic heterocycles. The molecule has 2 heterocycles. The van der Waals surface area contributed by atoms with E-state index in [-0.39, 0.29) is 18.0 Å². The summed E-state index contributed by atoms with van der Waals surface area (Å²) in [4.78, 5) is 30.1. The standard InChI is InChI=1S/C24H22N4O4/c1-4-32-24(30)19-14-25-28(21-13-15(2)18-7-5-6-8-20(18)26-21)22(19)27-23(29)16-9-11-17(31-3)12-10-16/h5-14H,4H2,1-3H3,(H,27,29). The molecule has 4 rings (SSSR count). The van der Waals surface area contributed by atoms with Crippen molar-refractivity contribution in [1.29, 1.82) is 0 Å². The highest BCUT2D eigenvalue weighted by molar-refractivity contribution is 6.07. The fourth-order valence-corrected chi connectivity index (χ4v) is 3.36. The first-order valence-corrected chi connectivity index (χ1v) is 10.1. The third-order valence-corrected chi connectivity index (χ3v) is 4.98. The number of hydrogen-bond donors (Lipinski definition) is 1. The van der Waals surface area contributed by atoms with Crippen LogP contribution in [-0.2, 0) is 4.74 Å². The predicted molar refractivity (Wildman–Crippen MR) is 121 cm³/mol. The van der Waals surface area contributed by atoms with E-state index in [0.29, 0.717) is 17.1 Å². The Morgan fingerprint density at radius 1 is 1.09 bits per heavy atom. The van der Waals surface area contributed by atoms with Crippen LogP contribution in [0.5, 0.6) is 5.75 Å². The fraction of sp³-hybridized carbons (Fsp3) is 0.167. The zero-order chi connectivity index (χ0) is 22.7. The van der Waals surface area contributed by atoms with Gasteiger partial charge in [0.05, 0.1) is 25.4 Å². The number of methoxy groups -OCH3 is 1. The van der Waals surface area contributed by atoms with Crippen LogP contribution in [0.4, 0.5) is 5.82 Å². The molecule has 32 heavy (non-hydrogen) atoms. The average molecular weight is 430 g/mol. The smallest absolute Gasteiger partial charge is 0.343 e. The van der Waals surface area contributed by atoms with Gasteiger partial charge in [0.25, 0.3) is 5.91 Å². The van der Waals surface area contributed by atoms with Crippen molar-refractivity contribution in [2.45, 2.75) is 13.8 Å². The van der Waals surface area contributed by atoms with E-state index in [2.05, 4.69) is 15.4 Å². The van der Waals surface area contributed by atoms with Crippen LogP contribution in [0.25, 0.3) is 16.7 Å². The Balaban J connectivity index is 1.78. The van der Waals surface area contributed by atoms with Crippen LogP contribution in [-0.4, -0.2) is 40.4 Å². The van der Waals surface area contributed by atoms with Gasteiger partial charge in [-0.05, 0) is 55.8 Å². The number of amides is 1. The molecule has 1 amide bonds. The molecule has 1 N–H and O–H groups in total. The molecule has 4 aromatic rings. The second-order valence-corrected chi connectivity index (χ2v) is 7.04. The molecule has 0 radical (unpaired) electrons. The lowest BCUT2D eigenvalue weighted by Crippen LogP contribution is -2.18. The maximum atomic E-state index is 12.9. The van der Waals surface area contributed by atoms with Crippen LogP contribution in [0.15, 0.2) is 60.8 Å². The van der Waals surface area contributed by atoms with Crippen molar-refractivity contribution in [3.63, 3.8) is 0 Å². The Morgan fingerprint density at radius 3 is 2.56 bits per heavy atom. The Bertz CT molecular complexity index is 1300. The highest BCUT2D eigenvalue weighted by Crippen LogP contribution is 2.25. The molecule has 0 atom stereocenters. The van der Waals surface area contributed by atoms with Crippen LogP contribution >= 0.6 is 0 Å². The van der Waals surface area contributed by atoms with Crippen molar-refractivity contribution >= 4 is 28.6 Å². The topological polar surface area (TPSA) is 95.3 Å². The first kappa shape index (κ1) is 21.0. The van der Waals surface area contributed by atoms with Crippen molar-refractivity contribution in [2.75, 3.05) is 19.0 Å². The lowest BCUT2D eigenvalue weighted by atomic mass is 10.1. The first-order valence-electron chi connectivity index (χ1n) is 10.1. The number of carbonyl (C=O) groups is 2. The minimum Gasteiger partial charge on any atom is -0.497 e. The van der Waals surface area contributed by atoms with Crippen LogP contribution in [0.3, 0.4) is 0 Å². The number of aromatic nitrogens is 3. The number of fused-ring (bicyclic) bond motifs is 1. The highest BCUT2D eigenvalue weighted by Gasteiger charge is 2.23. The van der Waals surface area contributed by atoms with Gasteiger partial charge in [0.1, 0.15) is 11.3 Å². The van der Waals surface area contributed by atoms with E-state index < -0.39 is 11.9 Å². The fourth-order valence-electron chi connectivity index (χ4n) is 3.36. The quantitative estimate of drug-likeness (QED) is 0.462. The average Bonchev–Trinajstić information content (AvgIpc) is 3.23. The summed E-state index contributed by atoms with van der Waals surface area (Å²) in [6.45, 7) is 3.88. The second-order valence-electron chi connectivity index (χ2n) is 7.04. The number of aryl methyl sites for hydroxylation is 1. The number of esters is 1. The first-order chi connectivity index (χ1) is 15.5. The minimum absolute atomic E-state index is 0.140. The number of pyridine rings is 1. The molecule has 0 fully saturated rings.